The first-order valence-electron chi connectivity index (χ1n) is 5.71. The molecule has 0 saturated heterocycles. The molecule has 0 spiro atoms. The van der Waals surface area contributed by atoms with Crippen LogP contribution in [0.2, 0.25) is 0 Å². The van der Waals surface area contributed by atoms with E-state index in [9.17, 15) is 14.7 Å². The highest BCUT2D eigenvalue weighted by molar-refractivity contribution is 5.79. The Kier molecular flexibility index (Phi) is 4.49. The van der Waals surface area contributed by atoms with Crippen LogP contribution in [0.5, 0.6) is 0 Å². The molecule has 0 radical (unpaired) electrons. The number of aryl methyl sites for hydroxylation is 1. The lowest BCUT2D eigenvalue weighted by atomic mass is 10.1. The number of aliphatic carboxylic acids is 1. The van der Waals surface area contributed by atoms with Gasteiger partial charge in [0.1, 0.15) is 0 Å². The second kappa shape index (κ2) is 5.70. The molecule has 0 aromatic carbocycles. The van der Waals surface area contributed by atoms with E-state index in [0.29, 0.717) is 0 Å². The molecule has 1 aromatic rings. The first-order chi connectivity index (χ1) is 8.72. The van der Waals surface area contributed by atoms with Crippen molar-refractivity contribution < 1.29 is 19.8 Å². The van der Waals surface area contributed by atoms with Crippen molar-refractivity contribution in [3.8, 4) is 0 Å². The van der Waals surface area contributed by atoms with Crippen molar-refractivity contribution in [2.24, 2.45) is 7.05 Å². The van der Waals surface area contributed by atoms with E-state index in [-0.39, 0.29) is 12.6 Å². The van der Waals surface area contributed by atoms with Crippen molar-refractivity contribution in [2.45, 2.75) is 25.5 Å². The Morgan fingerprint density at radius 1 is 1.58 bits per heavy atom. The Bertz CT molecular complexity index is 469. The van der Waals surface area contributed by atoms with Gasteiger partial charge in [-0.05, 0) is 13.8 Å². The van der Waals surface area contributed by atoms with E-state index in [0.717, 1.165) is 12.5 Å². The third kappa shape index (κ3) is 4.25. The van der Waals surface area contributed by atoms with Gasteiger partial charge in [0, 0.05) is 18.8 Å². The first kappa shape index (κ1) is 15.0. The number of amides is 2. The third-order valence-electron chi connectivity index (χ3n) is 2.63. The zero-order valence-electron chi connectivity index (χ0n) is 11.0. The lowest BCUT2D eigenvalue weighted by Crippen LogP contribution is -2.49. The second-order valence-electron chi connectivity index (χ2n) is 4.58. The summed E-state index contributed by atoms with van der Waals surface area (Å²) in [6.45, 7) is 2.50. The highest BCUT2D eigenvalue weighted by Gasteiger charge is 2.30. The summed E-state index contributed by atoms with van der Waals surface area (Å²) < 4.78 is 1.61. The van der Waals surface area contributed by atoms with Gasteiger partial charge < -0.3 is 20.8 Å². The van der Waals surface area contributed by atoms with E-state index in [1.165, 1.54) is 0 Å². The molecule has 4 N–H and O–H groups in total. The number of hydrogen-bond donors (Lipinski definition) is 4. The molecule has 0 bridgehead atoms. The quantitative estimate of drug-likeness (QED) is 0.581. The van der Waals surface area contributed by atoms with Gasteiger partial charge in [0.25, 0.3) is 0 Å². The average molecular weight is 270 g/mol. The molecule has 19 heavy (non-hydrogen) atoms. The molecule has 0 saturated carbocycles. The van der Waals surface area contributed by atoms with Gasteiger partial charge in [-0.2, -0.15) is 5.10 Å². The number of nitrogens with zero attached hydrogens (tertiary/aromatic N) is 2. The number of carbonyl (C=O) groups is 2. The Morgan fingerprint density at radius 2 is 2.21 bits per heavy atom. The van der Waals surface area contributed by atoms with Crippen LogP contribution in [0.1, 0.15) is 25.5 Å². The van der Waals surface area contributed by atoms with E-state index in [2.05, 4.69) is 15.7 Å². The highest BCUT2D eigenvalue weighted by atomic mass is 16.4. The van der Waals surface area contributed by atoms with E-state index in [1.54, 1.807) is 31.0 Å². The number of carboxylic acids is 1. The summed E-state index contributed by atoms with van der Waals surface area (Å²) >= 11 is 0. The van der Waals surface area contributed by atoms with E-state index >= 15 is 0 Å². The van der Waals surface area contributed by atoms with Crippen LogP contribution in [0.4, 0.5) is 4.79 Å². The average Bonchev–Trinajstić information content (AvgIpc) is 2.73. The molecule has 1 rings (SSSR count). The topological polar surface area (TPSA) is 116 Å². The maximum atomic E-state index is 11.5. The number of hydrogen-bond acceptors (Lipinski definition) is 4. The molecule has 0 aliphatic rings. The van der Waals surface area contributed by atoms with Gasteiger partial charge in [-0.25, -0.2) is 9.59 Å². The summed E-state index contributed by atoms with van der Waals surface area (Å²) in [6, 6.07) is -0.832. The maximum Gasteiger partial charge on any atom is 0.337 e. The number of carbonyl (C=O) groups excluding carboxylic acids is 1. The van der Waals surface area contributed by atoms with Gasteiger partial charge in [-0.1, -0.05) is 0 Å². The molecule has 106 valence electrons. The fraction of sp³-hybridized carbons (Fsp3) is 0.545. The van der Waals surface area contributed by atoms with Crippen LogP contribution in [0, 0.1) is 0 Å². The predicted octanol–water partition coefficient (Wildman–Crippen LogP) is -0.384. The zero-order valence-corrected chi connectivity index (χ0v) is 11.0. The SMILES string of the molecule is CC(NC(=O)NCC(C)(O)C(=O)O)c1cnn(C)c1. The molecule has 2 unspecified atom stereocenters. The molecule has 1 heterocycles. The Morgan fingerprint density at radius 3 is 2.68 bits per heavy atom. The zero-order chi connectivity index (χ0) is 14.6. The number of carboxylic acid groups (broad SMARTS) is 1. The van der Waals surface area contributed by atoms with Crippen LogP contribution in [0.15, 0.2) is 12.4 Å². The lowest BCUT2D eigenvalue weighted by molar-refractivity contribution is -0.155. The van der Waals surface area contributed by atoms with Crippen LogP contribution >= 0.6 is 0 Å². The smallest absolute Gasteiger partial charge is 0.337 e. The van der Waals surface area contributed by atoms with Gasteiger partial charge in [0.15, 0.2) is 5.60 Å². The van der Waals surface area contributed by atoms with E-state index in [1.807, 2.05) is 0 Å². The molecule has 0 fully saturated rings. The van der Waals surface area contributed by atoms with Crippen LogP contribution in [-0.4, -0.2) is 44.1 Å². The minimum absolute atomic E-state index is 0.275. The van der Waals surface area contributed by atoms with Crippen LogP contribution < -0.4 is 10.6 Å². The fourth-order valence-corrected chi connectivity index (χ4v) is 1.32. The minimum Gasteiger partial charge on any atom is -0.479 e. The van der Waals surface area contributed by atoms with Gasteiger partial charge in [0.2, 0.25) is 0 Å². The molecular weight excluding hydrogens is 252 g/mol. The standard InChI is InChI=1S/C11H18N4O4/c1-7(8-4-13-15(3)5-8)14-10(18)12-6-11(2,19)9(16)17/h4-5,7,19H,6H2,1-3H3,(H,16,17)(H2,12,14,18). The summed E-state index contributed by atoms with van der Waals surface area (Å²) in [5, 5.41) is 27.0. The minimum atomic E-state index is -1.99. The molecule has 2 amide bonds. The van der Waals surface area contributed by atoms with Crippen LogP contribution in [0.3, 0.4) is 0 Å². The molecule has 0 aliphatic heterocycles. The third-order valence-corrected chi connectivity index (χ3v) is 2.63. The largest absolute Gasteiger partial charge is 0.479 e. The Balaban J connectivity index is 2.46. The van der Waals surface area contributed by atoms with Gasteiger partial charge in [-0.3, -0.25) is 4.68 Å². The molecule has 8 heteroatoms. The Labute approximate surface area is 110 Å². The van der Waals surface area contributed by atoms with Gasteiger partial charge >= 0.3 is 12.0 Å². The molecule has 2 atom stereocenters. The molecule has 8 nitrogen and oxygen atoms in total. The summed E-state index contributed by atoms with van der Waals surface area (Å²) in [4.78, 5) is 22.2. The summed E-state index contributed by atoms with van der Waals surface area (Å²) in [6.07, 6.45) is 3.39. The molecule has 0 aliphatic carbocycles. The fourth-order valence-electron chi connectivity index (χ4n) is 1.32. The summed E-state index contributed by atoms with van der Waals surface area (Å²) in [7, 11) is 1.76. The van der Waals surface area contributed by atoms with Gasteiger partial charge in [0.05, 0.1) is 18.8 Å². The number of rotatable bonds is 5. The van der Waals surface area contributed by atoms with E-state index in [4.69, 9.17) is 5.11 Å². The lowest BCUT2D eigenvalue weighted by Gasteiger charge is -2.19. The van der Waals surface area contributed by atoms with Crippen LogP contribution in [-0.2, 0) is 11.8 Å². The number of aromatic nitrogens is 2. The van der Waals surface area contributed by atoms with Crippen molar-refractivity contribution in [2.75, 3.05) is 6.54 Å². The van der Waals surface area contributed by atoms with Crippen molar-refractivity contribution in [3.05, 3.63) is 18.0 Å². The molecule has 1 aromatic heterocycles. The highest BCUT2D eigenvalue weighted by Crippen LogP contribution is 2.09. The van der Waals surface area contributed by atoms with Crippen molar-refractivity contribution >= 4 is 12.0 Å². The van der Waals surface area contributed by atoms with Crippen molar-refractivity contribution in [1.82, 2.24) is 20.4 Å². The summed E-state index contributed by atoms with van der Waals surface area (Å²) in [5.74, 6) is -1.40. The predicted molar refractivity (Wildman–Crippen MR) is 66.4 cm³/mol. The Hall–Kier alpha value is -2.09. The number of aliphatic hydroxyl groups is 1. The van der Waals surface area contributed by atoms with E-state index < -0.39 is 17.6 Å². The number of urea groups is 1. The molecular formula is C11H18N4O4. The maximum absolute atomic E-state index is 11.5. The van der Waals surface area contributed by atoms with Gasteiger partial charge in [-0.15, -0.1) is 0 Å². The van der Waals surface area contributed by atoms with Crippen molar-refractivity contribution in [3.63, 3.8) is 0 Å². The number of nitrogens with one attached hydrogen (secondary N) is 2. The first-order valence-corrected chi connectivity index (χ1v) is 5.71. The van der Waals surface area contributed by atoms with Crippen molar-refractivity contribution in [1.29, 1.82) is 0 Å². The normalized spacial score (nSPS) is 15.4. The monoisotopic (exact) mass is 270 g/mol. The second-order valence-corrected chi connectivity index (χ2v) is 4.58. The van der Waals surface area contributed by atoms with Crippen LogP contribution in [0.25, 0.3) is 0 Å². The summed E-state index contributed by atoms with van der Waals surface area (Å²) in [5.41, 5.74) is -1.17.